The first kappa shape index (κ1) is 18.1. The second-order valence-corrected chi connectivity index (χ2v) is 5.84. The Labute approximate surface area is 155 Å². The van der Waals surface area contributed by atoms with E-state index in [0.717, 1.165) is 10.8 Å². The van der Waals surface area contributed by atoms with E-state index in [9.17, 15) is 14.9 Å². The average Bonchev–Trinajstić information content (AvgIpc) is 2.70. The lowest BCUT2D eigenvalue weighted by Crippen LogP contribution is -2.19. The molecule has 0 bridgehead atoms. The number of nitro groups is 1. The van der Waals surface area contributed by atoms with E-state index in [1.54, 1.807) is 25.1 Å². The predicted octanol–water partition coefficient (Wildman–Crippen LogP) is 3.91. The summed E-state index contributed by atoms with van der Waals surface area (Å²) < 4.78 is 4.98. The van der Waals surface area contributed by atoms with Crippen LogP contribution < -0.4 is 10.2 Å². The summed E-state index contributed by atoms with van der Waals surface area (Å²) in [6, 6.07) is 17.6. The minimum Gasteiger partial charge on any atom is -0.490 e. The van der Waals surface area contributed by atoms with Gasteiger partial charge < -0.3 is 4.74 Å². The molecule has 0 aliphatic rings. The first-order chi connectivity index (χ1) is 13.0. The third-order valence-corrected chi connectivity index (χ3v) is 4.13. The van der Waals surface area contributed by atoms with Gasteiger partial charge in [0.2, 0.25) is 0 Å². The Balaban J connectivity index is 1.81. The Morgan fingerprint density at radius 2 is 1.74 bits per heavy atom. The van der Waals surface area contributed by atoms with Crippen LogP contribution in [0.15, 0.2) is 65.8 Å². The van der Waals surface area contributed by atoms with Crippen molar-refractivity contribution in [1.82, 2.24) is 5.43 Å². The van der Waals surface area contributed by atoms with E-state index in [2.05, 4.69) is 10.5 Å². The topological polar surface area (TPSA) is 93.8 Å². The zero-order valence-electron chi connectivity index (χ0n) is 14.8. The van der Waals surface area contributed by atoms with Crippen LogP contribution in [-0.4, -0.2) is 23.7 Å². The van der Waals surface area contributed by atoms with Crippen molar-refractivity contribution in [1.29, 1.82) is 0 Å². The number of amides is 1. The molecule has 0 heterocycles. The lowest BCUT2D eigenvalue weighted by Gasteiger charge is -2.06. The van der Waals surface area contributed by atoms with Crippen molar-refractivity contribution >= 4 is 28.1 Å². The van der Waals surface area contributed by atoms with Gasteiger partial charge >= 0.3 is 5.69 Å². The summed E-state index contributed by atoms with van der Waals surface area (Å²) in [6.07, 6.45) is 0. The number of hydrogen-bond acceptors (Lipinski definition) is 5. The van der Waals surface area contributed by atoms with Crippen molar-refractivity contribution in [2.75, 3.05) is 7.11 Å². The Bertz CT molecular complexity index is 1060. The molecule has 0 atom stereocenters. The van der Waals surface area contributed by atoms with Gasteiger partial charge in [0.25, 0.3) is 5.91 Å². The van der Waals surface area contributed by atoms with Gasteiger partial charge in [0.15, 0.2) is 5.75 Å². The van der Waals surface area contributed by atoms with Crippen molar-refractivity contribution < 1.29 is 14.5 Å². The van der Waals surface area contributed by atoms with Gasteiger partial charge in [-0.15, -0.1) is 0 Å². The van der Waals surface area contributed by atoms with Crippen molar-refractivity contribution in [2.45, 2.75) is 6.92 Å². The van der Waals surface area contributed by atoms with Crippen LogP contribution in [0.25, 0.3) is 10.8 Å². The molecule has 0 aromatic heterocycles. The number of nitrogens with one attached hydrogen (secondary N) is 1. The number of methoxy groups -OCH3 is 1. The third-order valence-electron chi connectivity index (χ3n) is 4.13. The standard InChI is InChI=1S/C20H17N3O4/c1-13(15-9-10-19(27-2)18(12-15)23(25)26)21-22-20(24)17-8-7-14-5-3-4-6-16(14)11-17/h3-12H,1-2H3,(H,22,24)/b21-13-. The largest absolute Gasteiger partial charge is 0.490 e. The van der Waals surface area contributed by atoms with Gasteiger partial charge in [-0.05, 0) is 42.0 Å². The molecule has 0 fully saturated rings. The highest BCUT2D eigenvalue weighted by Gasteiger charge is 2.16. The van der Waals surface area contributed by atoms with E-state index in [1.807, 2.05) is 30.3 Å². The molecule has 1 amide bonds. The van der Waals surface area contributed by atoms with E-state index in [1.165, 1.54) is 19.2 Å². The monoisotopic (exact) mass is 363 g/mol. The molecule has 1 N–H and O–H groups in total. The molecular weight excluding hydrogens is 346 g/mol. The van der Waals surface area contributed by atoms with Crippen molar-refractivity contribution in [3.05, 3.63) is 81.9 Å². The maximum atomic E-state index is 12.4. The zero-order valence-corrected chi connectivity index (χ0v) is 14.8. The van der Waals surface area contributed by atoms with Crippen LogP contribution in [0.2, 0.25) is 0 Å². The average molecular weight is 363 g/mol. The van der Waals surface area contributed by atoms with Crippen LogP contribution in [0.4, 0.5) is 5.69 Å². The molecule has 3 aromatic rings. The van der Waals surface area contributed by atoms with Gasteiger partial charge in [0.05, 0.1) is 17.7 Å². The number of carbonyl (C=O) groups is 1. The van der Waals surface area contributed by atoms with Gasteiger partial charge in [-0.1, -0.05) is 30.3 Å². The van der Waals surface area contributed by atoms with Gasteiger partial charge in [-0.25, -0.2) is 5.43 Å². The molecule has 136 valence electrons. The fourth-order valence-corrected chi connectivity index (χ4v) is 2.65. The molecule has 0 saturated carbocycles. The summed E-state index contributed by atoms with van der Waals surface area (Å²) in [5, 5.41) is 17.2. The molecule has 0 radical (unpaired) electrons. The van der Waals surface area contributed by atoms with Crippen molar-refractivity contribution in [2.24, 2.45) is 5.10 Å². The quantitative estimate of drug-likeness (QED) is 0.422. The highest BCUT2D eigenvalue weighted by molar-refractivity contribution is 6.02. The molecule has 3 aromatic carbocycles. The number of hydrogen-bond donors (Lipinski definition) is 1. The number of hydrazone groups is 1. The first-order valence-electron chi connectivity index (χ1n) is 8.16. The fourth-order valence-electron chi connectivity index (χ4n) is 2.65. The maximum absolute atomic E-state index is 12.4. The normalized spacial score (nSPS) is 11.3. The van der Waals surface area contributed by atoms with Crippen LogP contribution in [0.5, 0.6) is 5.75 Å². The predicted molar refractivity (Wildman–Crippen MR) is 103 cm³/mol. The molecule has 0 aliphatic carbocycles. The lowest BCUT2D eigenvalue weighted by molar-refractivity contribution is -0.385. The van der Waals surface area contributed by atoms with Gasteiger partial charge in [0.1, 0.15) is 0 Å². The summed E-state index contributed by atoms with van der Waals surface area (Å²) in [5.41, 5.74) is 3.76. The summed E-state index contributed by atoms with van der Waals surface area (Å²) in [5.74, 6) is -0.195. The number of nitro benzene ring substituents is 1. The Morgan fingerprint density at radius 1 is 1.04 bits per heavy atom. The number of carbonyl (C=O) groups excluding carboxylic acids is 1. The van der Waals surface area contributed by atoms with E-state index in [0.29, 0.717) is 16.8 Å². The van der Waals surface area contributed by atoms with Crippen molar-refractivity contribution in [3.63, 3.8) is 0 Å². The molecule has 0 spiro atoms. The molecule has 27 heavy (non-hydrogen) atoms. The Morgan fingerprint density at radius 3 is 2.44 bits per heavy atom. The molecule has 7 nitrogen and oxygen atoms in total. The smallest absolute Gasteiger partial charge is 0.311 e. The molecule has 0 saturated heterocycles. The number of nitrogens with zero attached hydrogens (tertiary/aromatic N) is 2. The van der Waals surface area contributed by atoms with Crippen LogP contribution >= 0.6 is 0 Å². The highest BCUT2D eigenvalue weighted by atomic mass is 16.6. The van der Waals surface area contributed by atoms with E-state index >= 15 is 0 Å². The van der Waals surface area contributed by atoms with Gasteiger partial charge in [0, 0.05) is 17.2 Å². The summed E-state index contributed by atoms with van der Waals surface area (Å²) >= 11 is 0. The molecule has 0 aliphatic heterocycles. The van der Waals surface area contributed by atoms with Gasteiger partial charge in [-0.3, -0.25) is 14.9 Å². The summed E-state index contributed by atoms with van der Waals surface area (Å²) in [4.78, 5) is 23.0. The summed E-state index contributed by atoms with van der Waals surface area (Å²) in [7, 11) is 1.37. The summed E-state index contributed by atoms with van der Waals surface area (Å²) in [6.45, 7) is 1.66. The molecular formula is C20H17N3O4. The second-order valence-electron chi connectivity index (χ2n) is 5.84. The SMILES string of the molecule is COc1ccc(/C(C)=N\NC(=O)c2ccc3ccccc3c2)cc1[N+](=O)[O-]. The van der Waals surface area contributed by atoms with Gasteiger partial charge in [-0.2, -0.15) is 5.10 Å². The maximum Gasteiger partial charge on any atom is 0.311 e. The number of ether oxygens (including phenoxy) is 1. The lowest BCUT2D eigenvalue weighted by atomic mass is 10.1. The van der Waals surface area contributed by atoms with Crippen LogP contribution in [0, 0.1) is 10.1 Å². The number of fused-ring (bicyclic) bond motifs is 1. The first-order valence-corrected chi connectivity index (χ1v) is 8.16. The third kappa shape index (κ3) is 3.92. The Hall–Kier alpha value is -3.74. The van der Waals surface area contributed by atoms with Crippen LogP contribution in [0.3, 0.4) is 0 Å². The molecule has 3 rings (SSSR count). The molecule has 7 heteroatoms. The fraction of sp³-hybridized carbons (Fsp3) is 0.100. The zero-order chi connectivity index (χ0) is 19.4. The minimum absolute atomic E-state index is 0.162. The number of rotatable bonds is 5. The Kier molecular flexibility index (Phi) is 5.12. The minimum atomic E-state index is -0.525. The van der Waals surface area contributed by atoms with E-state index in [-0.39, 0.29) is 17.3 Å². The van der Waals surface area contributed by atoms with Crippen LogP contribution in [0.1, 0.15) is 22.8 Å². The number of benzene rings is 3. The van der Waals surface area contributed by atoms with Crippen molar-refractivity contribution in [3.8, 4) is 5.75 Å². The second kappa shape index (κ2) is 7.65. The van der Waals surface area contributed by atoms with E-state index < -0.39 is 4.92 Å². The molecule has 0 unspecified atom stereocenters. The van der Waals surface area contributed by atoms with E-state index in [4.69, 9.17) is 4.74 Å². The van der Waals surface area contributed by atoms with Crippen LogP contribution in [-0.2, 0) is 0 Å². The highest BCUT2D eigenvalue weighted by Crippen LogP contribution is 2.27.